The number of methoxy groups -OCH3 is 1. The number of hydrogen-bond acceptors (Lipinski definition) is 4. The molecule has 0 bridgehead atoms. The van der Waals surface area contributed by atoms with Gasteiger partial charge < -0.3 is 14.8 Å². The molecule has 1 N–H and O–H groups in total. The Morgan fingerprint density at radius 1 is 1.50 bits per heavy atom. The Kier molecular flexibility index (Phi) is 7.61. The molecule has 1 fully saturated rings. The van der Waals surface area contributed by atoms with Gasteiger partial charge in [-0.3, -0.25) is 0 Å². The number of hydrogen-bond donors (Lipinski definition) is 1. The van der Waals surface area contributed by atoms with Crippen molar-refractivity contribution in [2.45, 2.75) is 57.8 Å². The fourth-order valence-electron chi connectivity index (χ4n) is 2.09. The summed E-state index contributed by atoms with van der Waals surface area (Å²) >= 11 is 2.01. The van der Waals surface area contributed by atoms with Crippen molar-refractivity contribution < 1.29 is 9.47 Å². The van der Waals surface area contributed by atoms with Crippen molar-refractivity contribution in [2.75, 3.05) is 31.8 Å². The monoisotopic (exact) mass is 275 g/mol. The number of nitrogens with one attached hydrogen (secondary N) is 1. The molecule has 0 aliphatic carbocycles. The average Bonchev–Trinajstić information content (AvgIpc) is 2.40. The normalized spacial score (nSPS) is 23.0. The van der Waals surface area contributed by atoms with Crippen LogP contribution in [0.5, 0.6) is 0 Å². The first-order valence-corrected chi connectivity index (χ1v) is 8.22. The van der Waals surface area contributed by atoms with Crippen molar-refractivity contribution in [2.24, 2.45) is 0 Å². The van der Waals surface area contributed by atoms with E-state index in [9.17, 15) is 0 Å². The molecule has 0 radical (unpaired) electrons. The molecular formula is C14H29NO2S. The molecule has 108 valence electrons. The highest BCUT2D eigenvalue weighted by Gasteiger charge is 2.27. The lowest BCUT2D eigenvalue weighted by atomic mass is 9.96. The van der Waals surface area contributed by atoms with Gasteiger partial charge in [0.05, 0.1) is 18.3 Å². The smallest absolute Gasteiger partial charge is 0.0818 e. The van der Waals surface area contributed by atoms with Crippen LogP contribution in [-0.4, -0.2) is 49.5 Å². The standard InChI is InChI=1S/C14H29NO2S/c1-5-8-15-12(6-7-14(2,3)16-4)13-11-18-10-9-17-13/h12-13,15H,5-11H2,1-4H3. The van der Waals surface area contributed by atoms with Gasteiger partial charge in [-0.2, -0.15) is 11.8 Å². The summed E-state index contributed by atoms with van der Waals surface area (Å²) < 4.78 is 11.4. The van der Waals surface area contributed by atoms with E-state index in [1.165, 1.54) is 6.42 Å². The van der Waals surface area contributed by atoms with Crippen molar-refractivity contribution >= 4 is 11.8 Å². The van der Waals surface area contributed by atoms with Gasteiger partial charge >= 0.3 is 0 Å². The second-order valence-electron chi connectivity index (χ2n) is 5.55. The lowest BCUT2D eigenvalue weighted by molar-refractivity contribution is -0.000409. The second kappa shape index (κ2) is 8.41. The van der Waals surface area contributed by atoms with Crippen LogP contribution in [0.1, 0.15) is 40.0 Å². The summed E-state index contributed by atoms with van der Waals surface area (Å²) in [5.41, 5.74) is -0.0338. The lowest BCUT2D eigenvalue weighted by Crippen LogP contribution is -2.46. The molecule has 4 heteroatoms. The zero-order valence-electron chi connectivity index (χ0n) is 12.3. The van der Waals surface area contributed by atoms with E-state index in [2.05, 4.69) is 26.1 Å². The molecule has 0 spiro atoms. The van der Waals surface area contributed by atoms with E-state index in [-0.39, 0.29) is 5.60 Å². The van der Waals surface area contributed by atoms with Gasteiger partial charge in [0.2, 0.25) is 0 Å². The molecule has 18 heavy (non-hydrogen) atoms. The van der Waals surface area contributed by atoms with Crippen LogP contribution in [0.4, 0.5) is 0 Å². The van der Waals surface area contributed by atoms with Crippen molar-refractivity contribution in [3.63, 3.8) is 0 Å². The first-order chi connectivity index (χ1) is 8.59. The Labute approximate surface area is 116 Å². The van der Waals surface area contributed by atoms with Crippen molar-refractivity contribution in [3.05, 3.63) is 0 Å². The maximum atomic E-state index is 5.91. The molecule has 2 unspecified atom stereocenters. The minimum Gasteiger partial charge on any atom is -0.379 e. The molecule has 3 nitrogen and oxygen atoms in total. The van der Waals surface area contributed by atoms with Gasteiger partial charge in [-0.25, -0.2) is 0 Å². The van der Waals surface area contributed by atoms with Gasteiger partial charge in [0.15, 0.2) is 0 Å². The first-order valence-electron chi connectivity index (χ1n) is 7.07. The Morgan fingerprint density at radius 3 is 2.83 bits per heavy atom. The van der Waals surface area contributed by atoms with Crippen LogP contribution in [0, 0.1) is 0 Å². The fraction of sp³-hybridized carbons (Fsp3) is 1.00. The molecule has 0 aromatic rings. The summed E-state index contributed by atoms with van der Waals surface area (Å²) in [4.78, 5) is 0. The van der Waals surface area contributed by atoms with E-state index < -0.39 is 0 Å². The Morgan fingerprint density at radius 2 is 2.28 bits per heavy atom. The van der Waals surface area contributed by atoms with Crippen LogP contribution < -0.4 is 5.32 Å². The zero-order valence-corrected chi connectivity index (χ0v) is 13.1. The highest BCUT2D eigenvalue weighted by atomic mass is 32.2. The van der Waals surface area contributed by atoms with Crippen LogP contribution in [0.2, 0.25) is 0 Å². The third-order valence-corrected chi connectivity index (χ3v) is 4.58. The lowest BCUT2D eigenvalue weighted by Gasteiger charge is -2.33. The Hall–Kier alpha value is 0.230. The predicted octanol–water partition coefficient (Wildman–Crippen LogP) is 2.69. The molecule has 2 atom stereocenters. The summed E-state index contributed by atoms with van der Waals surface area (Å²) in [7, 11) is 1.79. The van der Waals surface area contributed by atoms with Gasteiger partial charge in [0.1, 0.15) is 0 Å². The summed E-state index contributed by atoms with van der Waals surface area (Å²) in [5, 5.41) is 3.64. The largest absolute Gasteiger partial charge is 0.379 e. The van der Waals surface area contributed by atoms with Crippen molar-refractivity contribution in [3.8, 4) is 0 Å². The van der Waals surface area contributed by atoms with Gasteiger partial charge in [0.25, 0.3) is 0 Å². The minimum absolute atomic E-state index is 0.0338. The molecule has 0 aromatic heterocycles. The van der Waals surface area contributed by atoms with Crippen LogP contribution in [0.25, 0.3) is 0 Å². The Balaban J connectivity index is 2.43. The van der Waals surface area contributed by atoms with Gasteiger partial charge in [-0.05, 0) is 39.7 Å². The molecule has 0 amide bonds. The van der Waals surface area contributed by atoms with Crippen LogP contribution in [-0.2, 0) is 9.47 Å². The summed E-state index contributed by atoms with van der Waals surface area (Å²) in [6.07, 6.45) is 3.72. The third-order valence-electron chi connectivity index (χ3n) is 3.56. The number of ether oxygens (including phenoxy) is 2. The maximum absolute atomic E-state index is 5.91. The molecule has 0 aromatic carbocycles. The molecule has 1 aliphatic rings. The van der Waals surface area contributed by atoms with Gasteiger partial charge in [-0.1, -0.05) is 6.92 Å². The fourth-order valence-corrected chi connectivity index (χ4v) is 3.03. The van der Waals surface area contributed by atoms with E-state index >= 15 is 0 Å². The summed E-state index contributed by atoms with van der Waals surface area (Å²) in [5.74, 6) is 2.26. The summed E-state index contributed by atoms with van der Waals surface area (Å²) in [6.45, 7) is 8.48. The van der Waals surface area contributed by atoms with Crippen LogP contribution in [0.15, 0.2) is 0 Å². The molecule has 1 heterocycles. The summed E-state index contributed by atoms with van der Waals surface area (Å²) in [6, 6.07) is 0.465. The van der Waals surface area contributed by atoms with E-state index in [4.69, 9.17) is 9.47 Å². The van der Waals surface area contributed by atoms with Crippen LogP contribution >= 0.6 is 11.8 Å². The maximum Gasteiger partial charge on any atom is 0.0818 e. The quantitative estimate of drug-likeness (QED) is 0.738. The molecule has 0 saturated carbocycles. The number of thioether (sulfide) groups is 1. The average molecular weight is 275 g/mol. The topological polar surface area (TPSA) is 30.5 Å². The predicted molar refractivity (Wildman–Crippen MR) is 79.5 cm³/mol. The van der Waals surface area contributed by atoms with Crippen molar-refractivity contribution in [1.29, 1.82) is 0 Å². The molecule has 1 saturated heterocycles. The third kappa shape index (κ3) is 5.91. The van der Waals surface area contributed by atoms with E-state index in [0.29, 0.717) is 12.1 Å². The van der Waals surface area contributed by atoms with Crippen molar-refractivity contribution in [1.82, 2.24) is 5.32 Å². The first kappa shape index (κ1) is 16.3. The number of rotatable bonds is 8. The highest BCUT2D eigenvalue weighted by Crippen LogP contribution is 2.22. The van der Waals surface area contributed by atoms with E-state index in [0.717, 1.165) is 37.5 Å². The molecule has 1 rings (SSSR count). The Bertz CT molecular complexity index is 218. The second-order valence-corrected chi connectivity index (χ2v) is 6.70. The van der Waals surface area contributed by atoms with E-state index in [1.54, 1.807) is 7.11 Å². The van der Waals surface area contributed by atoms with E-state index in [1.807, 2.05) is 11.8 Å². The SMILES string of the molecule is CCCNC(CCC(C)(C)OC)C1CSCCO1. The van der Waals surface area contributed by atoms with Gasteiger partial charge in [-0.15, -0.1) is 0 Å². The molecule has 1 aliphatic heterocycles. The highest BCUT2D eigenvalue weighted by molar-refractivity contribution is 7.99. The zero-order chi connectivity index (χ0) is 13.4. The minimum atomic E-state index is -0.0338. The van der Waals surface area contributed by atoms with Gasteiger partial charge in [0, 0.05) is 24.7 Å². The molecular weight excluding hydrogens is 246 g/mol. The van der Waals surface area contributed by atoms with Crippen LogP contribution in [0.3, 0.4) is 0 Å².